The minimum Gasteiger partial charge on any atom is -0.324 e. The summed E-state index contributed by atoms with van der Waals surface area (Å²) in [5.74, 6) is -0.397. The van der Waals surface area contributed by atoms with Gasteiger partial charge < -0.3 is 5.32 Å². The van der Waals surface area contributed by atoms with Crippen LogP contribution in [0.3, 0.4) is 0 Å². The van der Waals surface area contributed by atoms with Crippen molar-refractivity contribution in [3.05, 3.63) is 82.0 Å². The number of rotatable bonds is 5. The Hall–Kier alpha value is -3.90. The predicted octanol–water partition coefficient (Wildman–Crippen LogP) is 3.17. The Balaban J connectivity index is 1.58. The van der Waals surface area contributed by atoms with Crippen LogP contribution in [0.25, 0.3) is 5.65 Å². The minimum absolute atomic E-state index is 0.242. The Labute approximate surface area is 182 Å². The van der Waals surface area contributed by atoms with E-state index in [0.29, 0.717) is 21.9 Å². The Morgan fingerprint density at radius 2 is 1.97 bits per heavy atom. The summed E-state index contributed by atoms with van der Waals surface area (Å²) in [5, 5.41) is 16.5. The van der Waals surface area contributed by atoms with Gasteiger partial charge in [0.15, 0.2) is 5.65 Å². The van der Waals surface area contributed by atoms with Gasteiger partial charge in [0.1, 0.15) is 11.6 Å². The SMILES string of the molecule is Cc1ccc(Sc2nccn3c(=O)n(CC(=O)Nc4ccc(C#N)cc4)nc23)c(C)c1. The smallest absolute Gasteiger partial charge is 0.324 e. The molecule has 2 aromatic heterocycles. The van der Waals surface area contributed by atoms with Crippen molar-refractivity contribution in [2.24, 2.45) is 0 Å². The molecule has 4 aromatic rings. The first kappa shape index (κ1) is 20.4. The van der Waals surface area contributed by atoms with E-state index in [2.05, 4.69) is 21.5 Å². The first-order valence-electron chi connectivity index (χ1n) is 9.44. The van der Waals surface area contributed by atoms with Gasteiger partial charge in [-0.15, -0.1) is 5.10 Å². The molecule has 0 atom stereocenters. The molecular formula is C22H18N6O2S. The molecule has 0 saturated heterocycles. The van der Waals surface area contributed by atoms with E-state index in [-0.39, 0.29) is 6.54 Å². The van der Waals surface area contributed by atoms with Gasteiger partial charge in [-0.3, -0.25) is 4.79 Å². The molecule has 1 N–H and O–H groups in total. The summed E-state index contributed by atoms with van der Waals surface area (Å²) >= 11 is 1.43. The molecule has 0 fully saturated rings. The van der Waals surface area contributed by atoms with Crippen LogP contribution in [0, 0.1) is 25.2 Å². The average Bonchev–Trinajstić information content (AvgIpc) is 3.07. The zero-order valence-electron chi connectivity index (χ0n) is 16.9. The summed E-state index contributed by atoms with van der Waals surface area (Å²) in [6, 6.07) is 14.6. The summed E-state index contributed by atoms with van der Waals surface area (Å²) in [6.45, 7) is 3.81. The molecule has 2 aromatic carbocycles. The molecule has 2 heterocycles. The number of benzene rings is 2. The van der Waals surface area contributed by atoms with Gasteiger partial charge in [0.05, 0.1) is 11.6 Å². The maximum Gasteiger partial charge on any atom is 0.350 e. The normalized spacial score (nSPS) is 10.7. The summed E-state index contributed by atoms with van der Waals surface area (Å²) in [7, 11) is 0. The zero-order chi connectivity index (χ0) is 22.0. The summed E-state index contributed by atoms with van der Waals surface area (Å²) in [6.07, 6.45) is 3.08. The van der Waals surface area contributed by atoms with Crippen LogP contribution in [-0.4, -0.2) is 25.1 Å². The van der Waals surface area contributed by atoms with E-state index in [0.717, 1.165) is 15.1 Å². The molecule has 154 valence electrons. The third-order valence-electron chi connectivity index (χ3n) is 4.60. The number of amides is 1. The highest BCUT2D eigenvalue weighted by molar-refractivity contribution is 7.99. The fraction of sp³-hybridized carbons (Fsp3) is 0.136. The second-order valence-corrected chi connectivity index (χ2v) is 8.01. The van der Waals surface area contributed by atoms with Crippen molar-refractivity contribution in [2.75, 3.05) is 5.32 Å². The molecule has 8 nitrogen and oxygen atoms in total. The number of aromatic nitrogens is 4. The van der Waals surface area contributed by atoms with Crippen molar-refractivity contribution in [3.63, 3.8) is 0 Å². The van der Waals surface area contributed by atoms with Crippen LogP contribution >= 0.6 is 11.8 Å². The number of fused-ring (bicyclic) bond motifs is 1. The number of carbonyl (C=O) groups is 1. The molecule has 0 aliphatic heterocycles. The molecule has 9 heteroatoms. The Bertz CT molecular complexity index is 1380. The summed E-state index contributed by atoms with van der Waals surface area (Å²) < 4.78 is 2.50. The Kier molecular flexibility index (Phi) is 5.56. The predicted molar refractivity (Wildman–Crippen MR) is 117 cm³/mol. The number of nitrogens with one attached hydrogen (secondary N) is 1. The molecule has 0 bridgehead atoms. The fourth-order valence-corrected chi connectivity index (χ4v) is 3.99. The van der Waals surface area contributed by atoms with Gasteiger partial charge in [0.2, 0.25) is 5.91 Å². The van der Waals surface area contributed by atoms with E-state index in [1.165, 1.54) is 27.9 Å². The highest BCUT2D eigenvalue weighted by Gasteiger charge is 2.16. The van der Waals surface area contributed by atoms with E-state index in [4.69, 9.17) is 5.26 Å². The van der Waals surface area contributed by atoms with Crippen molar-refractivity contribution in [1.29, 1.82) is 5.26 Å². The van der Waals surface area contributed by atoms with E-state index in [1.54, 1.807) is 30.5 Å². The van der Waals surface area contributed by atoms with Gasteiger partial charge in [-0.2, -0.15) is 5.26 Å². The van der Waals surface area contributed by atoms with E-state index >= 15 is 0 Å². The van der Waals surface area contributed by atoms with Gasteiger partial charge in [0.25, 0.3) is 0 Å². The number of anilines is 1. The van der Waals surface area contributed by atoms with Crippen molar-refractivity contribution >= 4 is 29.0 Å². The largest absolute Gasteiger partial charge is 0.350 e. The molecule has 4 rings (SSSR count). The standard InChI is InChI=1S/C22H18N6O2S/c1-14-3-8-18(15(2)11-14)31-21-20-26-28(22(30)27(20)10-9-24-21)13-19(29)25-17-6-4-16(12-23)5-7-17/h3-11H,13H2,1-2H3,(H,25,29). The van der Waals surface area contributed by atoms with Gasteiger partial charge in [-0.25, -0.2) is 18.9 Å². The molecule has 1 amide bonds. The average molecular weight is 430 g/mol. The second kappa shape index (κ2) is 8.45. The molecule has 0 unspecified atom stereocenters. The van der Waals surface area contributed by atoms with Crippen LogP contribution in [0.2, 0.25) is 0 Å². The highest BCUT2D eigenvalue weighted by Crippen LogP contribution is 2.31. The lowest BCUT2D eigenvalue weighted by Gasteiger charge is -2.06. The van der Waals surface area contributed by atoms with Crippen molar-refractivity contribution < 1.29 is 4.79 Å². The van der Waals surface area contributed by atoms with Crippen LogP contribution in [0.15, 0.2) is 69.6 Å². The lowest BCUT2D eigenvalue weighted by molar-refractivity contribution is -0.117. The number of nitriles is 1. The number of hydrogen-bond acceptors (Lipinski definition) is 6. The van der Waals surface area contributed by atoms with E-state index < -0.39 is 11.6 Å². The lowest BCUT2D eigenvalue weighted by Crippen LogP contribution is -2.28. The van der Waals surface area contributed by atoms with Crippen molar-refractivity contribution in [1.82, 2.24) is 19.2 Å². The maximum atomic E-state index is 12.7. The molecule has 31 heavy (non-hydrogen) atoms. The Morgan fingerprint density at radius 1 is 1.19 bits per heavy atom. The topological polar surface area (TPSA) is 105 Å². The van der Waals surface area contributed by atoms with Gasteiger partial charge in [-0.1, -0.05) is 29.5 Å². The van der Waals surface area contributed by atoms with Crippen molar-refractivity contribution in [2.45, 2.75) is 30.3 Å². The first-order chi connectivity index (χ1) is 14.9. The second-order valence-electron chi connectivity index (χ2n) is 6.97. The summed E-state index contributed by atoms with van der Waals surface area (Å²) in [4.78, 5) is 30.5. The molecule has 0 aliphatic rings. The molecular weight excluding hydrogens is 412 g/mol. The first-order valence-corrected chi connectivity index (χ1v) is 10.3. The maximum absolute atomic E-state index is 12.7. The van der Waals surface area contributed by atoms with E-state index in [1.807, 2.05) is 32.0 Å². The minimum atomic E-state index is -0.421. The molecule has 0 spiro atoms. The lowest BCUT2D eigenvalue weighted by atomic mass is 10.2. The Morgan fingerprint density at radius 3 is 2.68 bits per heavy atom. The quantitative estimate of drug-likeness (QED) is 0.521. The molecule has 0 aliphatic carbocycles. The monoisotopic (exact) mass is 430 g/mol. The highest BCUT2D eigenvalue weighted by atomic mass is 32.2. The third-order valence-corrected chi connectivity index (χ3v) is 5.76. The van der Waals surface area contributed by atoms with Gasteiger partial charge in [-0.05, 0) is 49.7 Å². The van der Waals surface area contributed by atoms with Crippen LogP contribution in [0.5, 0.6) is 0 Å². The summed E-state index contributed by atoms with van der Waals surface area (Å²) in [5.41, 5.74) is 3.28. The van der Waals surface area contributed by atoms with Crippen LogP contribution < -0.4 is 11.0 Å². The van der Waals surface area contributed by atoms with E-state index in [9.17, 15) is 9.59 Å². The van der Waals surface area contributed by atoms with Crippen LogP contribution in [0.4, 0.5) is 5.69 Å². The fourth-order valence-electron chi connectivity index (χ4n) is 3.08. The van der Waals surface area contributed by atoms with Crippen LogP contribution in [0.1, 0.15) is 16.7 Å². The molecule has 0 saturated carbocycles. The number of nitrogens with zero attached hydrogens (tertiary/aromatic N) is 5. The van der Waals surface area contributed by atoms with Crippen molar-refractivity contribution in [3.8, 4) is 6.07 Å². The third kappa shape index (κ3) is 4.34. The number of carbonyl (C=O) groups excluding carboxylic acids is 1. The van der Waals surface area contributed by atoms with Gasteiger partial charge in [0, 0.05) is 23.0 Å². The number of hydrogen-bond donors (Lipinski definition) is 1. The van der Waals surface area contributed by atoms with Gasteiger partial charge >= 0.3 is 5.69 Å². The van der Waals surface area contributed by atoms with Crippen LogP contribution in [-0.2, 0) is 11.3 Å². The number of aryl methyl sites for hydroxylation is 2. The molecule has 0 radical (unpaired) electrons. The zero-order valence-corrected chi connectivity index (χ0v) is 17.7.